The molecule has 2 aromatic carbocycles. The Balaban J connectivity index is 1.66. The molecule has 6 nitrogen and oxygen atoms in total. The van der Waals surface area contributed by atoms with Crippen molar-refractivity contribution in [2.75, 3.05) is 5.32 Å². The molecule has 0 spiro atoms. The van der Waals surface area contributed by atoms with Crippen LogP contribution in [0.2, 0.25) is 0 Å². The van der Waals surface area contributed by atoms with Gasteiger partial charge in [0.05, 0.1) is 17.7 Å². The van der Waals surface area contributed by atoms with Gasteiger partial charge in [-0.1, -0.05) is 6.07 Å². The van der Waals surface area contributed by atoms with Crippen LogP contribution in [-0.2, 0) is 16.6 Å². The molecule has 0 saturated carbocycles. The smallest absolute Gasteiger partial charge is 0.255 e. The third-order valence-corrected chi connectivity index (χ3v) is 5.61. The molecule has 0 saturated heterocycles. The summed E-state index contributed by atoms with van der Waals surface area (Å²) in [7, 11) is -3.66. The molecule has 1 aromatic heterocycles. The fourth-order valence-electron chi connectivity index (χ4n) is 2.21. The highest BCUT2D eigenvalue weighted by molar-refractivity contribution is 14.1. The number of anilines is 1. The minimum absolute atomic E-state index is 0.0699. The van der Waals surface area contributed by atoms with Gasteiger partial charge in [-0.3, -0.25) is 4.79 Å². The molecule has 2 N–H and O–H groups in total. The second-order valence-corrected chi connectivity index (χ2v) is 8.41. The van der Waals surface area contributed by atoms with Crippen LogP contribution in [0.1, 0.15) is 16.1 Å². The van der Waals surface area contributed by atoms with Crippen LogP contribution in [0.3, 0.4) is 0 Å². The van der Waals surface area contributed by atoms with Crippen LogP contribution >= 0.6 is 22.6 Å². The van der Waals surface area contributed by atoms with Crippen molar-refractivity contribution in [2.45, 2.75) is 11.4 Å². The molecule has 0 bridgehead atoms. The van der Waals surface area contributed by atoms with Gasteiger partial charge in [0.15, 0.2) is 0 Å². The van der Waals surface area contributed by atoms with Crippen LogP contribution in [0.15, 0.2) is 76.2 Å². The molecular weight excluding hydrogens is 467 g/mol. The van der Waals surface area contributed by atoms with E-state index in [1.165, 1.54) is 18.4 Å². The van der Waals surface area contributed by atoms with Crippen LogP contribution in [0, 0.1) is 3.57 Å². The first-order valence-electron chi connectivity index (χ1n) is 7.63. The van der Waals surface area contributed by atoms with Gasteiger partial charge in [-0.15, -0.1) is 0 Å². The molecule has 0 unspecified atom stereocenters. The number of amides is 1. The van der Waals surface area contributed by atoms with Gasteiger partial charge in [0.1, 0.15) is 5.76 Å². The van der Waals surface area contributed by atoms with E-state index >= 15 is 0 Å². The quantitative estimate of drug-likeness (QED) is 0.526. The molecule has 1 heterocycles. The second kappa shape index (κ2) is 8.02. The Hall–Kier alpha value is -2.17. The van der Waals surface area contributed by atoms with E-state index in [0.717, 1.165) is 3.57 Å². The highest BCUT2D eigenvalue weighted by Gasteiger charge is 2.14. The van der Waals surface area contributed by atoms with E-state index in [-0.39, 0.29) is 17.3 Å². The lowest BCUT2D eigenvalue weighted by atomic mass is 10.2. The van der Waals surface area contributed by atoms with Crippen molar-refractivity contribution in [3.63, 3.8) is 0 Å². The first-order chi connectivity index (χ1) is 12.4. The van der Waals surface area contributed by atoms with Crippen molar-refractivity contribution >= 4 is 44.2 Å². The van der Waals surface area contributed by atoms with Crippen molar-refractivity contribution < 1.29 is 17.6 Å². The maximum Gasteiger partial charge on any atom is 0.255 e. The van der Waals surface area contributed by atoms with Crippen molar-refractivity contribution in [1.82, 2.24) is 4.72 Å². The van der Waals surface area contributed by atoms with E-state index in [1.54, 1.807) is 42.5 Å². The number of nitrogens with one attached hydrogen (secondary N) is 2. The van der Waals surface area contributed by atoms with Crippen LogP contribution in [-0.4, -0.2) is 14.3 Å². The Kier molecular flexibility index (Phi) is 5.74. The molecule has 1 amide bonds. The zero-order valence-corrected chi connectivity index (χ0v) is 16.5. The Morgan fingerprint density at radius 2 is 1.81 bits per heavy atom. The van der Waals surface area contributed by atoms with E-state index in [0.29, 0.717) is 17.0 Å². The summed E-state index contributed by atoms with van der Waals surface area (Å²) < 4.78 is 33.1. The van der Waals surface area contributed by atoms with Gasteiger partial charge in [0.25, 0.3) is 5.91 Å². The number of carbonyl (C=O) groups excluding carboxylic acids is 1. The molecule has 0 radical (unpaired) electrons. The van der Waals surface area contributed by atoms with E-state index in [2.05, 4.69) is 32.6 Å². The summed E-state index contributed by atoms with van der Waals surface area (Å²) in [4.78, 5) is 12.3. The third-order valence-electron chi connectivity index (χ3n) is 3.53. The molecule has 0 aliphatic carbocycles. The molecule has 0 aliphatic heterocycles. The Morgan fingerprint density at radius 3 is 2.46 bits per heavy atom. The highest BCUT2D eigenvalue weighted by Crippen LogP contribution is 2.16. The zero-order valence-electron chi connectivity index (χ0n) is 13.5. The standard InChI is InChI=1S/C18H15IN2O4S/c19-14-4-1-3-13(11-14)18(22)21-15-6-8-17(9-7-15)26(23,24)20-12-16-5-2-10-25-16/h1-11,20H,12H2,(H,21,22). The zero-order chi connectivity index (χ0) is 18.6. The summed E-state index contributed by atoms with van der Waals surface area (Å²) in [6.07, 6.45) is 1.48. The minimum atomic E-state index is -3.66. The molecule has 134 valence electrons. The van der Waals surface area contributed by atoms with Crippen molar-refractivity contribution in [1.29, 1.82) is 0 Å². The van der Waals surface area contributed by atoms with Crippen LogP contribution in [0.4, 0.5) is 5.69 Å². The Labute approximate surface area is 164 Å². The van der Waals surface area contributed by atoms with Crippen molar-refractivity contribution in [3.8, 4) is 0 Å². The van der Waals surface area contributed by atoms with Gasteiger partial charge in [0.2, 0.25) is 10.0 Å². The normalized spacial score (nSPS) is 11.3. The molecule has 3 rings (SSSR count). The van der Waals surface area contributed by atoms with E-state index < -0.39 is 10.0 Å². The number of furan rings is 1. The summed E-state index contributed by atoms with van der Waals surface area (Å²) in [5, 5.41) is 2.75. The predicted molar refractivity (Wildman–Crippen MR) is 106 cm³/mol. The topological polar surface area (TPSA) is 88.4 Å². The number of sulfonamides is 1. The lowest BCUT2D eigenvalue weighted by molar-refractivity contribution is 0.102. The van der Waals surface area contributed by atoms with Gasteiger partial charge in [-0.2, -0.15) is 0 Å². The SMILES string of the molecule is O=C(Nc1ccc(S(=O)(=O)NCc2ccco2)cc1)c1cccc(I)c1. The fraction of sp³-hybridized carbons (Fsp3) is 0.0556. The van der Waals surface area contributed by atoms with Gasteiger partial charge < -0.3 is 9.73 Å². The van der Waals surface area contributed by atoms with Crippen LogP contribution in [0.5, 0.6) is 0 Å². The molecule has 0 fully saturated rings. The number of benzene rings is 2. The van der Waals surface area contributed by atoms with Crippen LogP contribution < -0.4 is 10.0 Å². The van der Waals surface area contributed by atoms with Crippen molar-refractivity contribution in [3.05, 3.63) is 81.8 Å². The molecular formula is C18H15IN2O4S. The summed E-state index contributed by atoms with van der Waals surface area (Å²) in [5.74, 6) is 0.269. The minimum Gasteiger partial charge on any atom is -0.468 e. The monoisotopic (exact) mass is 482 g/mol. The number of rotatable bonds is 6. The number of carbonyl (C=O) groups is 1. The first-order valence-corrected chi connectivity index (χ1v) is 10.2. The molecule has 3 aromatic rings. The van der Waals surface area contributed by atoms with Gasteiger partial charge >= 0.3 is 0 Å². The lowest BCUT2D eigenvalue weighted by Gasteiger charge is -2.08. The average molecular weight is 482 g/mol. The maximum atomic E-state index is 12.3. The van der Waals surface area contributed by atoms with Gasteiger partial charge in [-0.05, 0) is 77.2 Å². The summed E-state index contributed by atoms with van der Waals surface area (Å²) in [5.41, 5.74) is 1.05. The molecule has 0 atom stereocenters. The Morgan fingerprint density at radius 1 is 1.04 bits per heavy atom. The average Bonchev–Trinajstić information content (AvgIpc) is 3.14. The van der Waals surface area contributed by atoms with Gasteiger partial charge in [0, 0.05) is 14.8 Å². The summed E-state index contributed by atoms with van der Waals surface area (Å²) >= 11 is 2.13. The lowest BCUT2D eigenvalue weighted by Crippen LogP contribution is -2.23. The fourth-order valence-corrected chi connectivity index (χ4v) is 3.75. The molecule has 0 aliphatic rings. The van der Waals surface area contributed by atoms with Gasteiger partial charge in [-0.25, -0.2) is 13.1 Å². The third kappa shape index (κ3) is 4.71. The molecule has 26 heavy (non-hydrogen) atoms. The highest BCUT2D eigenvalue weighted by atomic mass is 127. The van der Waals surface area contributed by atoms with E-state index in [1.807, 2.05) is 6.07 Å². The summed E-state index contributed by atoms with van der Waals surface area (Å²) in [6, 6.07) is 16.5. The Bertz CT molecular complexity index is 1000. The second-order valence-electron chi connectivity index (χ2n) is 5.39. The number of halogens is 1. The van der Waals surface area contributed by atoms with Crippen molar-refractivity contribution in [2.24, 2.45) is 0 Å². The largest absolute Gasteiger partial charge is 0.468 e. The first kappa shape index (κ1) is 18.6. The maximum absolute atomic E-state index is 12.3. The van der Waals surface area contributed by atoms with E-state index in [4.69, 9.17) is 4.42 Å². The number of hydrogen-bond donors (Lipinski definition) is 2. The number of hydrogen-bond acceptors (Lipinski definition) is 4. The van der Waals surface area contributed by atoms with E-state index in [9.17, 15) is 13.2 Å². The summed E-state index contributed by atoms with van der Waals surface area (Å²) in [6.45, 7) is 0.0699. The predicted octanol–water partition coefficient (Wildman–Crippen LogP) is 3.62. The van der Waals surface area contributed by atoms with Crippen LogP contribution in [0.25, 0.3) is 0 Å². The molecule has 8 heteroatoms.